The van der Waals surface area contributed by atoms with Gasteiger partial charge in [0.05, 0.1) is 6.54 Å². The summed E-state index contributed by atoms with van der Waals surface area (Å²) in [5.74, 6) is -0.778. The molecule has 22 heavy (non-hydrogen) atoms. The summed E-state index contributed by atoms with van der Waals surface area (Å²) in [7, 11) is 0. The molecule has 0 saturated heterocycles. The molecule has 1 amide bonds. The summed E-state index contributed by atoms with van der Waals surface area (Å²) in [6.07, 6.45) is 6.15. The van der Waals surface area contributed by atoms with Gasteiger partial charge in [0.1, 0.15) is 0 Å². The molecule has 0 unspecified atom stereocenters. The fourth-order valence-electron chi connectivity index (χ4n) is 3.39. The first-order chi connectivity index (χ1) is 10.6. The zero-order valence-corrected chi connectivity index (χ0v) is 12.4. The molecule has 1 aromatic carbocycles. The van der Waals surface area contributed by atoms with Gasteiger partial charge >= 0.3 is 0 Å². The number of nitrogens with two attached hydrogens (primary N) is 1. The van der Waals surface area contributed by atoms with Crippen LogP contribution >= 0.6 is 0 Å². The van der Waals surface area contributed by atoms with Crippen LogP contribution in [0.1, 0.15) is 41.7 Å². The third-order valence-corrected chi connectivity index (χ3v) is 4.50. The van der Waals surface area contributed by atoms with Crippen molar-refractivity contribution in [1.29, 1.82) is 0 Å². The molecule has 1 saturated carbocycles. The summed E-state index contributed by atoms with van der Waals surface area (Å²) >= 11 is 0. The Kier molecular flexibility index (Phi) is 3.79. The van der Waals surface area contributed by atoms with Crippen LogP contribution in [0.4, 0.5) is 0 Å². The van der Waals surface area contributed by atoms with E-state index in [9.17, 15) is 9.59 Å². The van der Waals surface area contributed by atoms with Crippen LogP contribution in [0.25, 0.3) is 0 Å². The highest BCUT2D eigenvalue weighted by Gasteiger charge is 2.36. The number of carbonyl (C=O) groups excluding carboxylic acids is 1. The van der Waals surface area contributed by atoms with Gasteiger partial charge in [0.25, 0.3) is 5.91 Å². The number of carbonyl (C=O) groups is 1. The minimum atomic E-state index is -0.778. The number of aromatic nitrogens is 2. The van der Waals surface area contributed by atoms with Gasteiger partial charge in [-0.3, -0.25) is 14.3 Å². The highest BCUT2D eigenvalue weighted by Crippen LogP contribution is 2.42. The van der Waals surface area contributed by atoms with E-state index in [2.05, 4.69) is 17.2 Å². The standard InChI is InChI=1S/C17H19N3O2/c18-16(22)15-14(21)8-11-20(19-15)12-17(9-4-5-10-17)13-6-2-1-3-7-13/h1-3,6-8,11H,4-5,9-10,12H2,(H2,18,22). The first-order valence-electron chi connectivity index (χ1n) is 7.54. The molecule has 5 heteroatoms. The Morgan fingerprint density at radius 1 is 1.18 bits per heavy atom. The van der Waals surface area contributed by atoms with E-state index in [1.54, 1.807) is 10.9 Å². The number of benzene rings is 1. The summed E-state index contributed by atoms with van der Waals surface area (Å²) in [5, 5.41) is 4.14. The van der Waals surface area contributed by atoms with Crippen molar-refractivity contribution in [2.75, 3.05) is 0 Å². The van der Waals surface area contributed by atoms with E-state index in [4.69, 9.17) is 5.73 Å². The summed E-state index contributed by atoms with van der Waals surface area (Å²) in [5.41, 5.74) is 5.90. The zero-order chi connectivity index (χ0) is 15.6. The molecule has 114 valence electrons. The minimum absolute atomic E-state index is 0.0121. The lowest BCUT2D eigenvalue weighted by molar-refractivity contribution is 0.0991. The van der Waals surface area contributed by atoms with Gasteiger partial charge in [-0.15, -0.1) is 0 Å². The lowest BCUT2D eigenvalue weighted by Crippen LogP contribution is -2.32. The van der Waals surface area contributed by atoms with Gasteiger partial charge in [-0.1, -0.05) is 43.2 Å². The van der Waals surface area contributed by atoms with Gasteiger partial charge in [0, 0.05) is 17.7 Å². The first kappa shape index (κ1) is 14.5. The molecular formula is C17H19N3O2. The van der Waals surface area contributed by atoms with Gasteiger partial charge in [-0.05, 0) is 18.4 Å². The number of primary amides is 1. The summed E-state index contributed by atoms with van der Waals surface area (Å²) < 4.78 is 1.68. The Bertz CT molecular complexity index is 731. The smallest absolute Gasteiger partial charge is 0.273 e. The number of hydrogen-bond donors (Lipinski definition) is 1. The van der Waals surface area contributed by atoms with Crippen molar-refractivity contribution in [3.63, 3.8) is 0 Å². The monoisotopic (exact) mass is 297 g/mol. The molecule has 0 bridgehead atoms. The maximum atomic E-state index is 11.6. The van der Waals surface area contributed by atoms with Crippen molar-refractivity contribution in [3.05, 3.63) is 64.1 Å². The summed E-state index contributed by atoms with van der Waals surface area (Å²) in [6.45, 7) is 0.650. The Morgan fingerprint density at radius 3 is 2.50 bits per heavy atom. The molecule has 3 rings (SSSR count). The van der Waals surface area contributed by atoms with E-state index >= 15 is 0 Å². The molecule has 1 aliphatic carbocycles. The summed E-state index contributed by atoms with van der Waals surface area (Å²) in [6, 6.07) is 11.7. The third-order valence-electron chi connectivity index (χ3n) is 4.50. The Morgan fingerprint density at radius 2 is 1.86 bits per heavy atom. The minimum Gasteiger partial charge on any atom is -0.364 e. The molecule has 2 N–H and O–H groups in total. The van der Waals surface area contributed by atoms with Gasteiger partial charge in [-0.2, -0.15) is 5.10 Å². The first-order valence-corrected chi connectivity index (χ1v) is 7.54. The Hall–Kier alpha value is -2.43. The second-order valence-electron chi connectivity index (χ2n) is 5.94. The quantitative estimate of drug-likeness (QED) is 0.935. The molecule has 0 aliphatic heterocycles. The van der Waals surface area contributed by atoms with Crippen molar-refractivity contribution in [3.8, 4) is 0 Å². The van der Waals surface area contributed by atoms with E-state index in [1.165, 1.54) is 24.5 Å². The van der Waals surface area contributed by atoms with E-state index in [1.807, 2.05) is 18.2 Å². The second-order valence-corrected chi connectivity index (χ2v) is 5.94. The van der Waals surface area contributed by atoms with Crippen LogP contribution in [0.3, 0.4) is 0 Å². The SMILES string of the molecule is NC(=O)c1nn(CC2(c3ccccc3)CCCC2)ccc1=O. The van der Waals surface area contributed by atoms with Crippen molar-refractivity contribution in [1.82, 2.24) is 9.78 Å². The number of hydrogen-bond acceptors (Lipinski definition) is 3. The molecule has 2 aromatic rings. The maximum absolute atomic E-state index is 11.6. The second kappa shape index (κ2) is 5.75. The molecule has 1 aromatic heterocycles. The van der Waals surface area contributed by atoms with Crippen LogP contribution in [0.2, 0.25) is 0 Å². The zero-order valence-electron chi connectivity index (χ0n) is 12.4. The van der Waals surface area contributed by atoms with Crippen LogP contribution in [-0.4, -0.2) is 15.7 Å². The molecule has 1 heterocycles. The summed E-state index contributed by atoms with van der Waals surface area (Å²) in [4.78, 5) is 22.9. The van der Waals surface area contributed by atoms with Crippen LogP contribution in [0.15, 0.2) is 47.4 Å². The van der Waals surface area contributed by atoms with E-state index in [-0.39, 0.29) is 11.1 Å². The maximum Gasteiger partial charge on any atom is 0.273 e. The fraction of sp³-hybridized carbons (Fsp3) is 0.353. The van der Waals surface area contributed by atoms with Crippen molar-refractivity contribution in [2.45, 2.75) is 37.6 Å². The largest absolute Gasteiger partial charge is 0.364 e. The molecule has 0 radical (unpaired) electrons. The van der Waals surface area contributed by atoms with Crippen molar-refractivity contribution in [2.24, 2.45) is 5.73 Å². The van der Waals surface area contributed by atoms with Crippen molar-refractivity contribution < 1.29 is 4.79 Å². The average Bonchev–Trinajstić information content (AvgIpc) is 3.00. The van der Waals surface area contributed by atoms with E-state index in [0.717, 1.165) is 12.8 Å². The van der Waals surface area contributed by atoms with Crippen LogP contribution < -0.4 is 11.2 Å². The average molecular weight is 297 g/mol. The fourth-order valence-corrected chi connectivity index (χ4v) is 3.39. The molecule has 0 atom stereocenters. The third kappa shape index (κ3) is 2.66. The lowest BCUT2D eigenvalue weighted by atomic mass is 9.79. The van der Waals surface area contributed by atoms with Gasteiger partial charge in [-0.25, -0.2) is 0 Å². The molecule has 1 aliphatic rings. The molecular weight excluding hydrogens is 278 g/mol. The van der Waals surface area contributed by atoms with Crippen LogP contribution in [0, 0.1) is 0 Å². The highest BCUT2D eigenvalue weighted by atomic mass is 16.2. The number of rotatable bonds is 4. The topological polar surface area (TPSA) is 78.0 Å². The van der Waals surface area contributed by atoms with Crippen LogP contribution in [0.5, 0.6) is 0 Å². The van der Waals surface area contributed by atoms with E-state index < -0.39 is 11.3 Å². The Balaban J connectivity index is 1.97. The number of nitrogens with zero attached hydrogens (tertiary/aromatic N) is 2. The normalized spacial score (nSPS) is 16.5. The lowest BCUT2D eigenvalue weighted by Gasteiger charge is -2.30. The molecule has 1 fully saturated rings. The predicted molar refractivity (Wildman–Crippen MR) is 83.6 cm³/mol. The van der Waals surface area contributed by atoms with Gasteiger partial charge < -0.3 is 5.73 Å². The Labute approximate surface area is 128 Å². The van der Waals surface area contributed by atoms with Gasteiger partial charge in [0.2, 0.25) is 5.43 Å². The molecule has 5 nitrogen and oxygen atoms in total. The number of amides is 1. The predicted octanol–water partition coefficient (Wildman–Crippen LogP) is 1.85. The highest BCUT2D eigenvalue weighted by molar-refractivity contribution is 5.90. The van der Waals surface area contributed by atoms with Crippen molar-refractivity contribution >= 4 is 5.91 Å². The molecule has 0 spiro atoms. The van der Waals surface area contributed by atoms with E-state index in [0.29, 0.717) is 6.54 Å². The van der Waals surface area contributed by atoms with Gasteiger partial charge in [0.15, 0.2) is 5.69 Å². The van der Waals surface area contributed by atoms with Crippen LogP contribution in [-0.2, 0) is 12.0 Å².